The van der Waals surface area contributed by atoms with E-state index in [0.717, 1.165) is 30.8 Å². The summed E-state index contributed by atoms with van der Waals surface area (Å²) in [6.07, 6.45) is 1.79. The first-order valence-corrected chi connectivity index (χ1v) is 8.30. The predicted octanol–water partition coefficient (Wildman–Crippen LogP) is 2.23. The molecule has 2 aromatic rings. The molecule has 3 rings (SSSR count). The van der Waals surface area contributed by atoms with E-state index in [1.165, 1.54) is 0 Å². The van der Waals surface area contributed by atoms with Crippen molar-refractivity contribution in [2.24, 2.45) is 12.5 Å². The molecule has 1 atom stereocenters. The lowest BCUT2D eigenvalue weighted by molar-refractivity contribution is -0.125. The molecule has 0 aliphatic carbocycles. The van der Waals surface area contributed by atoms with Gasteiger partial charge < -0.3 is 10.6 Å². The highest BCUT2D eigenvalue weighted by Crippen LogP contribution is 2.27. The number of benzene rings is 1. The van der Waals surface area contributed by atoms with Crippen LogP contribution in [0.3, 0.4) is 0 Å². The van der Waals surface area contributed by atoms with Gasteiger partial charge in [-0.05, 0) is 45.4 Å². The fraction of sp³-hybridized carbons (Fsp3) is 0.444. The van der Waals surface area contributed by atoms with E-state index in [2.05, 4.69) is 10.6 Å². The molecule has 2 N–H and O–H groups in total. The number of amides is 1. The average Bonchev–Trinajstić information content (AvgIpc) is 2.80. The molecule has 1 fully saturated rings. The highest BCUT2D eigenvalue weighted by Gasteiger charge is 2.35. The number of rotatable bonds is 3. The number of halogens is 1. The summed E-state index contributed by atoms with van der Waals surface area (Å²) in [5, 5.41) is 6.15. The molecular formula is C18H25ClN4O2. The third-order valence-corrected chi connectivity index (χ3v) is 4.94. The van der Waals surface area contributed by atoms with Gasteiger partial charge in [0.15, 0.2) is 0 Å². The molecule has 0 saturated carbocycles. The molecule has 1 aromatic heterocycles. The van der Waals surface area contributed by atoms with Crippen molar-refractivity contribution in [3.05, 3.63) is 46.4 Å². The summed E-state index contributed by atoms with van der Waals surface area (Å²) in [5.41, 5.74) is 1.19. The van der Waals surface area contributed by atoms with Crippen LogP contribution in [0.15, 0.2) is 35.1 Å². The van der Waals surface area contributed by atoms with Gasteiger partial charge in [-0.3, -0.25) is 14.3 Å². The summed E-state index contributed by atoms with van der Waals surface area (Å²) in [7, 11) is 1.82. The Morgan fingerprint density at radius 2 is 1.96 bits per heavy atom. The van der Waals surface area contributed by atoms with E-state index >= 15 is 0 Å². The SMILES string of the molecule is Cc1c(NC(=O)C2(C)CCCNC2)c(=O)n(-c2ccccc2)n1C.Cl. The van der Waals surface area contributed by atoms with Crippen molar-refractivity contribution >= 4 is 24.0 Å². The van der Waals surface area contributed by atoms with Crippen molar-refractivity contribution in [1.29, 1.82) is 0 Å². The van der Waals surface area contributed by atoms with Crippen LogP contribution in [-0.4, -0.2) is 28.4 Å². The highest BCUT2D eigenvalue weighted by atomic mass is 35.5. The minimum atomic E-state index is -0.482. The lowest BCUT2D eigenvalue weighted by Crippen LogP contribution is -2.46. The Kier molecular flexibility index (Phi) is 5.75. The highest BCUT2D eigenvalue weighted by molar-refractivity contribution is 5.95. The van der Waals surface area contributed by atoms with Gasteiger partial charge in [0.25, 0.3) is 5.56 Å². The smallest absolute Gasteiger partial charge is 0.295 e. The summed E-state index contributed by atoms with van der Waals surface area (Å²) in [6, 6.07) is 9.43. The first-order chi connectivity index (χ1) is 11.4. The Hall–Kier alpha value is -2.05. The molecule has 0 spiro atoms. The van der Waals surface area contributed by atoms with Crippen LogP contribution in [0.2, 0.25) is 0 Å². The number of piperidine rings is 1. The molecule has 25 heavy (non-hydrogen) atoms. The maximum atomic E-state index is 12.8. The Morgan fingerprint density at radius 3 is 2.56 bits per heavy atom. The third-order valence-electron chi connectivity index (χ3n) is 4.94. The van der Waals surface area contributed by atoms with E-state index in [1.807, 2.05) is 51.2 Å². The van der Waals surface area contributed by atoms with Crippen molar-refractivity contribution in [1.82, 2.24) is 14.7 Å². The van der Waals surface area contributed by atoms with Crippen LogP contribution in [0.1, 0.15) is 25.5 Å². The van der Waals surface area contributed by atoms with Gasteiger partial charge in [-0.15, -0.1) is 12.4 Å². The van der Waals surface area contributed by atoms with E-state index < -0.39 is 5.41 Å². The summed E-state index contributed by atoms with van der Waals surface area (Å²) in [6.45, 7) is 5.37. The Morgan fingerprint density at radius 1 is 1.28 bits per heavy atom. The molecule has 136 valence electrons. The van der Waals surface area contributed by atoms with Crippen LogP contribution < -0.4 is 16.2 Å². The van der Waals surface area contributed by atoms with Crippen LogP contribution in [-0.2, 0) is 11.8 Å². The first-order valence-electron chi connectivity index (χ1n) is 8.30. The van der Waals surface area contributed by atoms with Crippen molar-refractivity contribution in [2.75, 3.05) is 18.4 Å². The molecule has 0 radical (unpaired) electrons. The topological polar surface area (TPSA) is 68.1 Å². The largest absolute Gasteiger partial charge is 0.319 e. The van der Waals surface area contributed by atoms with E-state index in [1.54, 1.807) is 9.36 Å². The summed E-state index contributed by atoms with van der Waals surface area (Å²) in [5.74, 6) is -0.0966. The molecule has 7 heteroatoms. The van der Waals surface area contributed by atoms with Crippen LogP contribution >= 0.6 is 12.4 Å². The van der Waals surface area contributed by atoms with E-state index in [9.17, 15) is 9.59 Å². The van der Waals surface area contributed by atoms with Crippen molar-refractivity contribution in [3.63, 3.8) is 0 Å². The average molecular weight is 365 g/mol. The molecule has 1 amide bonds. The molecule has 0 bridgehead atoms. The molecule has 2 heterocycles. The van der Waals surface area contributed by atoms with Gasteiger partial charge in [0.05, 0.1) is 16.8 Å². The molecule has 1 aliphatic heterocycles. The maximum absolute atomic E-state index is 12.8. The molecule has 1 saturated heterocycles. The Bertz CT molecular complexity index is 804. The van der Waals surface area contributed by atoms with Gasteiger partial charge >= 0.3 is 0 Å². The summed E-state index contributed by atoms with van der Waals surface area (Å²) >= 11 is 0. The maximum Gasteiger partial charge on any atom is 0.295 e. The molecular weight excluding hydrogens is 340 g/mol. The zero-order chi connectivity index (χ0) is 17.3. The van der Waals surface area contributed by atoms with Crippen LogP contribution in [0.25, 0.3) is 5.69 Å². The van der Waals surface area contributed by atoms with Crippen LogP contribution in [0.5, 0.6) is 0 Å². The first kappa shape index (κ1) is 19.3. The number of carbonyl (C=O) groups excluding carboxylic acids is 1. The van der Waals surface area contributed by atoms with Gasteiger partial charge in [0, 0.05) is 13.6 Å². The molecule has 1 unspecified atom stereocenters. The van der Waals surface area contributed by atoms with E-state index in [4.69, 9.17) is 0 Å². The number of aromatic nitrogens is 2. The molecule has 1 aliphatic rings. The lowest BCUT2D eigenvalue weighted by Gasteiger charge is -2.32. The number of nitrogens with zero attached hydrogens (tertiary/aromatic N) is 2. The van der Waals surface area contributed by atoms with Crippen LogP contribution in [0, 0.1) is 12.3 Å². The Balaban J connectivity index is 0.00000225. The predicted molar refractivity (Wildman–Crippen MR) is 102 cm³/mol. The number of anilines is 1. The fourth-order valence-corrected chi connectivity index (χ4v) is 3.23. The quantitative estimate of drug-likeness (QED) is 0.877. The third kappa shape index (κ3) is 3.50. The second-order valence-corrected chi connectivity index (χ2v) is 6.73. The minimum Gasteiger partial charge on any atom is -0.319 e. The molecule has 1 aromatic carbocycles. The lowest BCUT2D eigenvalue weighted by atomic mass is 9.82. The van der Waals surface area contributed by atoms with Gasteiger partial charge in [0.1, 0.15) is 5.69 Å². The van der Waals surface area contributed by atoms with E-state index in [0.29, 0.717) is 12.2 Å². The Labute approximate surface area is 153 Å². The van der Waals surface area contributed by atoms with Gasteiger partial charge in [0.2, 0.25) is 5.91 Å². The second-order valence-electron chi connectivity index (χ2n) is 6.73. The van der Waals surface area contributed by atoms with Gasteiger partial charge in [-0.1, -0.05) is 18.2 Å². The molecule has 6 nitrogen and oxygen atoms in total. The van der Waals surface area contributed by atoms with Gasteiger partial charge in [-0.2, -0.15) is 0 Å². The summed E-state index contributed by atoms with van der Waals surface area (Å²) in [4.78, 5) is 25.6. The van der Waals surface area contributed by atoms with Crippen LogP contribution in [0.4, 0.5) is 5.69 Å². The summed E-state index contributed by atoms with van der Waals surface area (Å²) < 4.78 is 3.35. The van der Waals surface area contributed by atoms with Crippen molar-refractivity contribution < 1.29 is 4.79 Å². The monoisotopic (exact) mass is 364 g/mol. The van der Waals surface area contributed by atoms with Crippen molar-refractivity contribution in [3.8, 4) is 5.69 Å². The number of nitrogens with one attached hydrogen (secondary N) is 2. The normalized spacial score (nSPS) is 20.0. The zero-order valence-corrected chi connectivity index (χ0v) is 15.7. The van der Waals surface area contributed by atoms with Gasteiger partial charge in [-0.25, -0.2) is 4.68 Å². The zero-order valence-electron chi connectivity index (χ0n) is 14.8. The van der Waals surface area contributed by atoms with E-state index in [-0.39, 0.29) is 23.9 Å². The second kappa shape index (κ2) is 7.45. The number of para-hydroxylation sites is 1. The number of hydrogen-bond acceptors (Lipinski definition) is 3. The fourth-order valence-electron chi connectivity index (χ4n) is 3.23. The van der Waals surface area contributed by atoms with Crippen molar-refractivity contribution in [2.45, 2.75) is 26.7 Å². The number of carbonyl (C=O) groups is 1. The minimum absolute atomic E-state index is 0. The number of hydrogen-bond donors (Lipinski definition) is 2. The standard InChI is InChI=1S/C18H24N4O2.ClH/c1-13-15(20-17(24)18(2)10-7-11-19-12-18)16(23)22(21(13)3)14-8-5-4-6-9-14;/h4-6,8-9,19H,7,10-12H2,1-3H3,(H,20,24);1H.